The van der Waals surface area contributed by atoms with Crippen molar-refractivity contribution in [2.45, 2.75) is 26.2 Å². The van der Waals surface area contributed by atoms with E-state index in [1.165, 1.54) is 6.92 Å². The van der Waals surface area contributed by atoms with Gasteiger partial charge in [-0.05, 0) is 42.0 Å². The summed E-state index contributed by atoms with van der Waals surface area (Å²) in [6, 6.07) is 14.5. The molecule has 9 nitrogen and oxygen atoms in total. The fraction of sp³-hybridized carbons (Fsp3) is 0.238. The van der Waals surface area contributed by atoms with E-state index in [1.807, 2.05) is 24.3 Å². The van der Waals surface area contributed by atoms with Crippen LogP contribution in [0.1, 0.15) is 34.8 Å². The van der Waals surface area contributed by atoms with E-state index in [0.717, 1.165) is 11.3 Å². The SMILES string of the molecule is COc1ccc([C@@H]2Cn3nnc(C(=O)Nc4ccc(NC(C)=O)cc4)c3CO2)cc1. The second kappa shape index (κ2) is 8.34. The van der Waals surface area contributed by atoms with Crippen LogP contribution in [0.5, 0.6) is 5.75 Å². The number of hydrogen-bond acceptors (Lipinski definition) is 6. The molecule has 0 saturated carbocycles. The highest BCUT2D eigenvalue weighted by Crippen LogP contribution is 2.28. The van der Waals surface area contributed by atoms with Gasteiger partial charge in [0.25, 0.3) is 5.91 Å². The molecule has 1 aliphatic heterocycles. The lowest BCUT2D eigenvalue weighted by Crippen LogP contribution is -2.24. The van der Waals surface area contributed by atoms with Crippen LogP contribution >= 0.6 is 0 Å². The summed E-state index contributed by atoms with van der Waals surface area (Å²) in [5, 5.41) is 13.7. The molecule has 0 fully saturated rings. The van der Waals surface area contributed by atoms with E-state index in [-0.39, 0.29) is 30.2 Å². The average molecular weight is 407 g/mol. The molecule has 154 valence electrons. The number of hydrogen-bond donors (Lipinski definition) is 2. The van der Waals surface area contributed by atoms with Gasteiger partial charge in [0.2, 0.25) is 5.91 Å². The molecule has 30 heavy (non-hydrogen) atoms. The molecule has 2 heterocycles. The summed E-state index contributed by atoms with van der Waals surface area (Å²) < 4.78 is 12.8. The van der Waals surface area contributed by atoms with Crippen LogP contribution in [0.4, 0.5) is 11.4 Å². The average Bonchev–Trinajstić information content (AvgIpc) is 3.18. The van der Waals surface area contributed by atoms with Crippen LogP contribution in [0.3, 0.4) is 0 Å². The number of nitrogens with zero attached hydrogens (tertiary/aromatic N) is 3. The highest BCUT2D eigenvalue weighted by molar-refractivity contribution is 6.03. The number of anilines is 2. The number of ether oxygens (including phenoxy) is 2. The van der Waals surface area contributed by atoms with Crippen molar-refractivity contribution in [2.24, 2.45) is 0 Å². The Kier molecular flexibility index (Phi) is 5.44. The fourth-order valence-electron chi connectivity index (χ4n) is 3.24. The van der Waals surface area contributed by atoms with Crippen LogP contribution < -0.4 is 15.4 Å². The molecule has 1 aliphatic rings. The van der Waals surface area contributed by atoms with Crippen LogP contribution in [0.25, 0.3) is 0 Å². The van der Waals surface area contributed by atoms with Gasteiger partial charge in [-0.25, -0.2) is 4.68 Å². The summed E-state index contributed by atoms with van der Waals surface area (Å²) in [6.07, 6.45) is -0.178. The molecule has 0 aliphatic carbocycles. The fourth-order valence-corrected chi connectivity index (χ4v) is 3.24. The van der Waals surface area contributed by atoms with E-state index in [1.54, 1.807) is 36.1 Å². The third-order valence-electron chi connectivity index (χ3n) is 4.76. The molecule has 3 aromatic rings. The maximum atomic E-state index is 12.7. The van der Waals surface area contributed by atoms with Crippen LogP contribution in [-0.4, -0.2) is 33.9 Å². The van der Waals surface area contributed by atoms with Crippen molar-refractivity contribution < 1.29 is 19.1 Å². The normalized spacial score (nSPS) is 15.2. The largest absolute Gasteiger partial charge is 0.497 e. The van der Waals surface area contributed by atoms with Crippen molar-refractivity contribution in [3.8, 4) is 5.75 Å². The van der Waals surface area contributed by atoms with Crippen molar-refractivity contribution in [1.29, 1.82) is 0 Å². The van der Waals surface area contributed by atoms with Crippen LogP contribution in [0.2, 0.25) is 0 Å². The zero-order valence-electron chi connectivity index (χ0n) is 16.6. The standard InChI is InChI=1S/C21H21N5O4/c1-13(27)22-15-5-7-16(8-6-15)23-21(28)20-18-12-30-19(11-26(18)25-24-20)14-3-9-17(29-2)10-4-14/h3-10,19H,11-12H2,1-2H3,(H,22,27)(H,23,28)/t19-/m0/s1. The first kappa shape index (κ1) is 19.6. The van der Waals surface area contributed by atoms with E-state index in [2.05, 4.69) is 20.9 Å². The summed E-state index contributed by atoms with van der Waals surface area (Å²) in [5.74, 6) is 0.255. The molecule has 0 spiro atoms. The number of amides is 2. The van der Waals surface area contributed by atoms with Crippen molar-refractivity contribution in [1.82, 2.24) is 15.0 Å². The first-order chi connectivity index (χ1) is 14.5. The topological polar surface area (TPSA) is 107 Å². The first-order valence-corrected chi connectivity index (χ1v) is 9.40. The second-order valence-electron chi connectivity index (χ2n) is 6.85. The zero-order valence-corrected chi connectivity index (χ0v) is 16.6. The number of carbonyl (C=O) groups is 2. The quantitative estimate of drug-likeness (QED) is 0.673. The van der Waals surface area contributed by atoms with Gasteiger partial charge in [0, 0.05) is 18.3 Å². The van der Waals surface area contributed by atoms with Gasteiger partial charge >= 0.3 is 0 Å². The monoisotopic (exact) mass is 407 g/mol. The van der Waals surface area contributed by atoms with Crippen molar-refractivity contribution in [3.05, 3.63) is 65.5 Å². The minimum Gasteiger partial charge on any atom is -0.497 e. The highest BCUT2D eigenvalue weighted by Gasteiger charge is 2.27. The molecular weight excluding hydrogens is 386 g/mol. The maximum Gasteiger partial charge on any atom is 0.278 e. The number of benzene rings is 2. The minimum atomic E-state index is -0.366. The van der Waals surface area contributed by atoms with Crippen molar-refractivity contribution >= 4 is 23.2 Å². The van der Waals surface area contributed by atoms with Gasteiger partial charge in [0.05, 0.1) is 26.0 Å². The Morgan fingerprint density at radius 1 is 1.07 bits per heavy atom. The third-order valence-corrected chi connectivity index (χ3v) is 4.76. The molecular formula is C21H21N5O4. The van der Waals surface area contributed by atoms with E-state index >= 15 is 0 Å². The molecule has 1 aromatic heterocycles. The summed E-state index contributed by atoms with van der Waals surface area (Å²) >= 11 is 0. The molecule has 9 heteroatoms. The number of methoxy groups -OCH3 is 1. The van der Waals surface area contributed by atoms with E-state index in [9.17, 15) is 9.59 Å². The van der Waals surface area contributed by atoms with Gasteiger partial charge < -0.3 is 20.1 Å². The van der Waals surface area contributed by atoms with E-state index in [0.29, 0.717) is 23.6 Å². The molecule has 0 unspecified atom stereocenters. The Labute approximate surface area is 173 Å². The molecule has 2 aromatic carbocycles. The van der Waals surface area contributed by atoms with Gasteiger partial charge in [0.15, 0.2) is 5.69 Å². The Morgan fingerprint density at radius 3 is 2.37 bits per heavy atom. The number of aromatic nitrogens is 3. The minimum absolute atomic E-state index is 0.157. The third kappa shape index (κ3) is 4.15. The lowest BCUT2D eigenvalue weighted by Gasteiger charge is -2.24. The molecule has 4 rings (SSSR count). The Morgan fingerprint density at radius 2 is 1.73 bits per heavy atom. The molecule has 0 saturated heterocycles. The van der Waals surface area contributed by atoms with Crippen LogP contribution in [0.15, 0.2) is 48.5 Å². The Bertz CT molecular complexity index is 1060. The predicted octanol–water partition coefficient (Wildman–Crippen LogP) is 2.77. The van der Waals surface area contributed by atoms with Gasteiger partial charge in [-0.3, -0.25) is 9.59 Å². The van der Waals surface area contributed by atoms with E-state index in [4.69, 9.17) is 9.47 Å². The van der Waals surface area contributed by atoms with Gasteiger partial charge in [-0.1, -0.05) is 17.3 Å². The first-order valence-electron chi connectivity index (χ1n) is 9.40. The summed E-state index contributed by atoms with van der Waals surface area (Å²) in [5.41, 5.74) is 3.10. The number of fused-ring (bicyclic) bond motifs is 1. The summed E-state index contributed by atoms with van der Waals surface area (Å²) in [4.78, 5) is 23.8. The zero-order chi connectivity index (χ0) is 21.1. The van der Waals surface area contributed by atoms with Crippen LogP contribution in [0, 0.1) is 0 Å². The lowest BCUT2D eigenvalue weighted by atomic mass is 10.1. The van der Waals surface area contributed by atoms with Gasteiger partial charge in [-0.15, -0.1) is 5.10 Å². The van der Waals surface area contributed by atoms with Gasteiger partial charge in [0.1, 0.15) is 11.9 Å². The second-order valence-corrected chi connectivity index (χ2v) is 6.85. The smallest absolute Gasteiger partial charge is 0.278 e. The molecule has 0 bridgehead atoms. The van der Waals surface area contributed by atoms with Crippen molar-refractivity contribution in [2.75, 3.05) is 17.7 Å². The molecule has 1 atom stereocenters. The summed E-state index contributed by atoms with van der Waals surface area (Å²) in [6.45, 7) is 2.13. The predicted molar refractivity (Wildman–Crippen MR) is 109 cm³/mol. The lowest BCUT2D eigenvalue weighted by molar-refractivity contribution is -0.114. The Balaban J connectivity index is 1.44. The summed E-state index contributed by atoms with van der Waals surface area (Å²) in [7, 11) is 1.62. The van der Waals surface area contributed by atoms with Gasteiger partial charge in [-0.2, -0.15) is 0 Å². The molecule has 2 N–H and O–H groups in total. The van der Waals surface area contributed by atoms with E-state index < -0.39 is 0 Å². The Hall–Kier alpha value is -3.72. The molecule has 2 amide bonds. The molecule has 0 radical (unpaired) electrons. The number of rotatable bonds is 5. The highest BCUT2D eigenvalue weighted by atomic mass is 16.5. The van der Waals surface area contributed by atoms with Crippen LogP contribution in [-0.2, 0) is 22.7 Å². The number of nitrogens with one attached hydrogen (secondary N) is 2. The maximum absolute atomic E-state index is 12.7. The van der Waals surface area contributed by atoms with Crippen molar-refractivity contribution in [3.63, 3.8) is 0 Å². The number of carbonyl (C=O) groups excluding carboxylic acids is 2.